The third kappa shape index (κ3) is 7.64. The summed E-state index contributed by atoms with van der Waals surface area (Å²) in [6.45, 7) is 12.8. The van der Waals surface area contributed by atoms with Crippen molar-refractivity contribution in [1.29, 1.82) is 0 Å². The number of fused-ring (bicyclic) bond motifs is 2. The predicted octanol–water partition coefficient (Wildman–Crippen LogP) is 8.41. The van der Waals surface area contributed by atoms with Gasteiger partial charge in [0.1, 0.15) is 28.4 Å². The van der Waals surface area contributed by atoms with Crippen LogP contribution >= 0.6 is 0 Å². The first-order valence-electron chi connectivity index (χ1n) is 18.8. The van der Waals surface area contributed by atoms with E-state index in [0.29, 0.717) is 19.9 Å². The Morgan fingerprint density at radius 1 is 0.717 bits per heavy atom. The van der Waals surface area contributed by atoms with Gasteiger partial charge in [0, 0.05) is 77.3 Å². The molecule has 0 amide bonds. The van der Waals surface area contributed by atoms with Crippen LogP contribution in [0.4, 0.5) is 0 Å². The molecule has 7 heterocycles. The molecule has 0 radical (unpaired) electrons. The van der Waals surface area contributed by atoms with Crippen molar-refractivity contribution in [3.63, 3.8) is 0 Å². The summed E-state index contributed by atoms with van der Waals surface area (Å²) in [5, 5.41) is 2.03. The fourth-order valence-corrected chi connectivity index (χ4v) is 7.51. The number of hydrogen-bond acceptors (Lipinski definition) is 7. The number of rotatable bonds is 9. The molecule has 2 aliphatic heterocycles. The first kappa shape index (κ1) is 34.8. The number of hydrogen-bond donors (Lipinski definition) is 2. The summed E-state index contributed by atoms with van der Waals surface area (Å²) in [6.07, 6.45) is 13.9. The Kier molecular flexibility index (Phi) is 9.62. The Bertz CT molecular complexity index is 2250. The van der Waals surface area contributed by atoms with Gasteiger partial charge in [0.2, 0.25) is 0 Å². The molecule has 2 aliphatic rings. The highest BCUT2D eigenvalue weighted by Crippen LogP contribution is 2.39. The fraction of sp³-hybridized carbons (Fsp3) is 0.395. The molecule has 0 atom stereocenters. The van der Waals surface area contributed by atoms with Gasteiger partial charge in [-0.3, -0.25) is 4.98 Å². The number of piperidine rings is 2. The maximum absolute atomic E-state index is 6.54. The molecule has 5 aromatic heterocycles. The summed E-state index contributed by atoms with van der Waals surface area (Å²) >= 11 is 0. The molecule has 2 N–H and O–H groups in total. The number of benzene rings is 1. The second kappa shape index (κ2) is 14.6. The average molecular weight is 710 g/mol. The van der Waals surface area contributed by atoms with Crippen molar-refractivity contribution < 1.29 is 9.47 Å². The molecule has 0 saturated carbocycles. The van der Waals surface area contributed by atoms with E-state index >= 15 is 0 Å². The number of pyridine rings is 3. The number of nitrogens with zero attached hydrogens (tertiary/aromatic N) is 6. The normalized spacial score (nSPS) is 17.4. The molecule has 6 aromatic rings. The molecule has 8 rings (SSSR count). The lowest BCUT2D eigenvalue weighted by atomic mass is 9.81. The topological polar surface area (TPSA) is 99.5 Å². The number of aromatic nitrogens is 5. The standard InChI is InChI=1S/C43H48N8O2/c1-30-5-8-33(24-47-30)35-26-49-41-39(35)37(12-18-46-41)53-28-43(3)15-21-51(22-16-43)29-44-23-31-6-9-32(10-7-31)34-25-48-40-38(34)36(11-17-45-40)52-27-42(2)13-19-50(4)20-14-42/h5-12,17-18,24-26H,13-16,19-22,27-29H2,1-4H3,(H,46,49)/p+1. The van der Waals surface area contributed by atoms with E-state index in [2.05, 4.69) is 92.0 Å². The minimum atomic E-state index is 0.0743. The van der Waals surface area contributed by atoms with Gasteiger partial charge in [-0.05, 0) is 88.6 Å². The molecule has 0 bridgehead atoms. The third-order valence-corrected chi connectivity index (χ3v) is 11.4. The predicted molar refractivity (Wildman–Crippen MR) is 212 cm³/mol. The van der Waals surface area contributed by atoms with E-state index in [0.717, 1.165) is 119 Å². The number of aromatic amines is 2. The van der Waals surface area contributed by atoms with E-state index < -0.39 is 0 Å². The van der Waals surface area contributed by atoms with Crippen molar-refractivity contribution in [3.05, 3.63) is 95.6 Å². The highest BCUT2D eigenvalue weighted by atomic mass is 16.5. The van der Waals surface area contributed by atoms with E-state index in [9.17, 15) is 0 Å². The van der Waals surface area contributed by atoms with Crippen LogP contribution in [0.15, 0.2) is 79.5 Å². The largest absolute Gasteiger partial charge is 0.492 e. The summed E-state index contributed by atoms with van der Waals surface area (Å²) in [6, 6.07) is 19.8. The summed E-state index contributed by atoms with van der Waals surface area (Å²) in [5.41, 5.74) is 8.17. The lowest BCUT2D eigenvalue weighted by Gasteiger charge is -2.37. The zero-order chi connectivity index (χ0) is 36.4. The van der Waals surface area contributed by atoms with Gasteiger partial charge >= 0.3 is 12.7 Å². The van der Waals surface area contributed by atoms with Gasteiger partial charge in [0.25, 0.3) is 0 Å². The Balaban J connectivity index is 0.863. The van der Waals surface area contributed by atoms with Crippen molar-refractivity contribution in [3.8, 4) is 39.8 Å². The number of aryl methyl sites for hydroxylation is 1. The minimum Gasteiger partial charge on any atom is -0.492 e. The summed E-state index contributed by atoms with van der Waals surface area (Å²) < 4.78 is 13.1. The van der Waals surface area contributed by atoms with Gasteiger partial charge in [-0.1, -0.05) is 36.9 Å². The van der Waals surface area contributed by atoms with Gasteiger partial charge < -0.3 is 24.3 Å². The zero-order valence-corrected chi connectivity index (χ0v) is 31.3. The Morgan fingerprint density at radius 3 is 1.83 bits per heavy atom. The third-order valence-electron chi connectivity index (χ3n) is 11.4. The lowest BCUT2D eigenvalue weighted by Crippen LogP contribution is -2.41. The Hall–Kier alpha value is -5.24. The molecule has 2 fully saturated rings. The Morgan fingerprint density at radius 2 is 1.26 bits per heavy atom. The molecule has 10 nitrogen and oxygen atoms in total. The monoisotopic (exact) mass is 709 g/mol. The Labute approximate surface area is 311 Å². The fourth-order valence-electron chi connectivity index (χ4n) is 7.51. The van der Waals surface area contributed by atoms with Crippen LogP contribution in [-0.2, 0) is 0 Å². The minimum absolute atomic E-state index is 0.0743. The zero-order valence-electron chi connectivity index (χ0n) is 31.3. The number of nitrogens with one attached hydrogen (secondary N) is 2. The van der Waals surface area contributed by atoms with Crippen molar-refractivity contribution in [2.24, 2.45) is 10.8 Å². The van der Waals surface area contributed by atoms with Crippen molar-refractivity contribution in [1.82, 2.24) is 34.7 Å². The summed E-state index contributed by atoms with van der Waals surface area (Å²) in [7, 11) is 2.20. The molecule has 53 heavy (non-hydrogen) atoms. The molecule has 0 unspecified atom stereocenters. The number of likely N-dealkylation sites (tertiary alicyclic amines) is 2. The highest BCUT2D eigenvalue weighted by molar-refractivity contribution is 5.98. The van der Waals surface area contributed by atoms with Crippen LogP contribution in [0.3, 0.4) is 0 Å². The van der Waals surface area contributed by atoms with Crippen LogP contribution in [0.5, 0.6) is 11.5 Å². The van der Waals surface area contributed by atoms with E-state index in [-0.39, 0.29) is 10.8 Å². The van der Waals surface area contributed by atoms with Gasteiger partial charge in [0.05, 0.1) is 24.0 Å². The van der Waals surface area contributed by atoms with Crippen LogP contribution in [0.2, 0.25) is 0 Å². The SMILES string of the molecule is Cc1ccc(-c2c[nH]c3nccc(OCC4(C)CCN(C[N+]#Cc5ccc(-c6c[nH]c7nccc(OCC8(C)CCN(C)CC8)c67)cc5)CC4)c23)cn1. The molecule has 1 aromatic carbocycles. The smallest absolute Gasteiger partial charge is 0.320 e. The van der Waals surface area contributed by atoms with Gasteiger partial charge in [-0.2, -0.15) is 0 Å². The van der Waals surface area contributed by atoms with Crippen LogP contribution < -0.4 is 9.47 Å². The first-order valence-corrected chi connectivity index (χ1v) is 18.8. The van der Waals surface area contributed by atoms with Crippen molar-refractivity contribution >= 4 is 22.1 Å². The summed E-state index contributed by atoms with van der Waals surface area (Å²) in [4.78, 5) is 29.8. The second-order valence-corrected chi connectivity index (χ2v) is 15.8. The maximum Gasteiger partial charge on any atom is 0.320 e. The molecule has 0 spiro atoms. The molecule has 272 valence electrons. The van der Waals surface area contributed by atoms with Crippen LogP contribution in [0.25, 0.3) is 49.2 Å². The maximum atomic E-state index is 6.54. The van der Waals surface area contributed by atoms with Crippen molar-refractivity contribution in [2.75, 3.05) is 53.1 Å². The quantitative estimate of drug-likeness (QED) is 0.156. The van der Waals surface area contributed by atoms with Crippen molar-refractivity contribution in [2.45, 2.75) is 46.5 Å². The lowest BCUT2D eigenvalue weighted by molar-refractivity contribution is 0.0747. The summed E-state index contributed by atoms with van der Waals surface area (Å²) in [5.74, 6) is 1.74. The first-order chi connectivity index (χ1) is 25.7. The van der Waals surface area contributed by atoms with Gasteiger partial charge in [0.15, 0.2) is 0 Å². The van der Waals surface area contributed by atoms with Crippen LogP contribution in [0.1, 0.15) is 50.8 Å². The van der Waals surface area contributed by atoms with Crippen LogP contribution in [0, 0.1) is 23.8 Å². The van der Waals surface area contributed by atoms with E-state index in [1.54, 1.807) is 0 Å². The highest BCUT2D eigenvalue weighted by Gasteiger charge is 2.33. The van der Waals surface area contributed by atoms with Gasteiger partial charge in [-0.25, -0.2) is 14.9 Å². The van der Waals surface area contributed by atoms with E-state index in [4.69, 9.17) is 14.3 Å². The van der Waals surface area contributed by atoms with Gasteiger partial charge in [-0.15, -0.1) is 0 Å². The molecular formula is C43H49N8O2+. The van der Waals surface area contributed by atoms with E-state index in [1.165, 1.54) is 0 Å². The molecule has 0 aliphatic carbocycles. The van der Waals surface area contributed by atoms with Crippen LogP contribution in [-0.4, -0.2) is 87.8 Å². The molecule has 10 heteroatoms. The molecular weight excluding hydrogens is 661 g/mol. The number of H-pyrrole nitrogens is 2. The number of ether oxygens (including phenoxy) is 2. The average Bonchev–Trinajstić information content (AvgIpc) is 3.82. The van der Waals surface area contributed by atoms with E-state index in [1.807, 2.05) is 56.1 Å². The molecule has 2 saturated heterocycles. The second-order valence-electron chi connectivity index (χ2n) is 15.8.